The molecule has 1 atom stereocenters. The van der Waals surface area contributed by atoms with Crippen LogP contribution in [0.15, 0.2) is 18.2 Å². The molecule has 1 aliphatic carbocycles. The Bertz CT molecular complexity index is 435. The molecule has 20 heavy (non-hydrogen) atoms. The molecule has 1 heterocycles. The van der Waals surface area contributed by atoms with Gasteiger partial charge in [-0.2, -0.15) is 0 Å². The minimum Gasteiger partial charge on any atom is -0.309 e. The van der Waals surface area contributed by atoms with Crippen molar-refractivity contribution >= 4 is 0 Å². The summed E-state index contributed by atoms with van der Waals surface area (Å²) in [7, 11) is 0. The largest absolute Gasteiger partial charge is 0.309 e. The Morgan fingerprint density at radius 1 is 1.05 bits per heavy atom. The van der Waals surface area contributed by atoms with Crippen LogP contribution in [0.4, 0.5) is 0 Å². The second-order valence-electron chi connectivity index (χ2n) is 6.46. The highest BCUT2D eigenvalue weighted by molar-refractivity contribution is 5.35. The molecule has 2 nitrogen and oxygen atoms in total. The van der Waals surface area contributed by atoms with Gasteiger partial charge < -0.3 is 10.2 Å². The van der Waals surface area contributed by atoms with Crippen molar-refractivity contribution in [1.82, 2.24) is 10.2 Å². The number of nitrogens with zero attached hydrogens (tertiary/aromatic N) is 1. The van der Waals surface area contributed by atoms with Crippen molar-refractivity contribution in [2.24, 2.45) is 0 Å². The van der Waals surface area contributed by atoms with Gasteiger partial charge in [0.1, 0.15) is 0 Å². The van der Waals surface area contributed by atoms with E-state index in [0.717, 1.165) is 6.54 Å². The van der Waals surface area contributed by atoms with Gasteiger partial charge >= 0.3 is 0 Å². The highest BCUT2D eigenvalue weighted by Gasteiger charge is 2.13. The van der Waals surface area contributed by atoms with Crippen molar-refractivity contribution in [3.05, 3.63) is 34.9 Å². The third-order valence-electron chi connectivity index (χ3n) is 4.95. The quantitative estimate of drug-likeness (QED) is 0.884. The predicted molar refractivity (Wildman–Crippen MR) is 85.2 cm³/mol. The summed E-state index contributed by atoms with van der Waals surface area (Å²) >= 11 is 0. The van der Waals surface area contributed by atoms with Crippen LogP contribution < -0.4 is 5.32 Å². The summed E-state index contributed by atoms with van der Waals surface area (Å²) in [4.78, 5) is 2.58. The molecular formula is C18H28N2. The number of rotatable bonds is 5. The maximum atomic E-state index is 3.69. The molecular weight excluding hydrogens is 244 g/mol. The summed E-state index contributed by atoms with van der Waals surface area (Å²) in [6.45, 7) is 7.21. The number of hydrogen-bond acceptors (Lipinski definition) is 2. The maximum absolute atomic E-state index is 3.69. The third-order valence-corrected chi connectivity index (χ3v) is 4.95. The lowest BCUT2D eigenvalue weighted by atomic mass is 9.89. The first kappa shape index (κ1) is 14.1. The molecule has 0 spiro atoms. The number of likely N-dealkylation sites (tertiary alicyclic amines) is 1. The molecule has 0 bridgehead atoms. The molecule has 1 aromatic carbocycles. The monoisotopic (exact) mass is 272 g/mol. The van der Waals surface area contributed by atoms with Gasteiger partial charge in [-0.3, -0.25) is 0 Å². The zero-order valence-electron chi connectivity index (χ0n) is 12.8. The van der Waals surface area contributed by atoms with E-state index in [1.165, 1.54) is 63.7 Å². The van der Waals surface area contributed by atoms with E-state index >= 15 is 0 Å². The first-order valence-electron chi connectivity index (χ1n) is 8.40. The summed E-state index contributed by atoms with van der Waals surface area (Å²) in [5.41, 5.74) is 4.65. The van der Waals surface area contributed by atoms with E-state index in [0.29, 0.717) is 6.04 Å². The van der Waals surface area contributed by atoms with Gasteiger partial charge in [0.15, 0.2) is 0 Å². The molecule has 1 fully saturated rings. The van der Waals surface area contributed by atoms with Crippen molar-refractivity contribution in [2.75, 3.05) is 26.2 Å². The molecule has 2 heteroatoms. The van der Waals surface area contributed by atoms with Crippen LogP contribution in [0, 0.1) is 0 Å². The van der Waals surface area contributed by atoms with E-state index < -0.39 is 0 Å². The second kappa shape index (κ2) is 6.73. The normalized spacial score (nSPS) is 20.9. The zero-order chi connectivity index (χ0) is 13.8. The van der Waals surface area contributed by atoms with Crippen molar-refractivity contribution in [1.29, 1.82) is 0 Å². The summed E-state index contributed by atoms with van der Waals surface area (Å²) in [6, 6.07) is 7.62. The maximum Gasteiger partial charge on any atom is 0.0292 e. The van der Waals surface area contributed by atoms with Crippen LogP contribution in [0.25, 0.3) is 0 Å². The van der Waals surface area contributed by atoms with Crippen LogP contribution in [0.1, 0.15) is 55.3 Å². The lowest BCUT2D eigenvalue weighted by molar-refractivity contribution is 0.330. The molecule has 1 aliphatic heterocycles. The SMILES string of the molecule is CC(NCCN1CCCC1)c1ccc2c(c1)CCCC2. The van der Waals surface area contributed by atoms with E-state index in [2.05, 4.69) is 35.3 Å². The Morgan fingerprint density at radius 3 is 2.60 bits per heavy atom. The van der Waals surface area contributed by atoms with Crippen LogP contribution in [-0.2, 0) is 12.8 Å². The average Bonchev–Trinajstić information content (AvgIpc) is 3.00. The molecule has 0 saturated carbocycles. The van der Waals surface area contributed by atoms with Crippen LogP contribution >= 0.6 is 0 Å². The zero-order valence-corrected chi connectivity index (χ0v) is 12.8. The molecule has 110 valence electrons. The van der Waals surface area contributed by atoms with Crippen molar-refractivity contribution in [3.8, 4) is 0 Å². The molecule has 1 unspecified atom stereocenters. The smallest absolute Gasteiger partial charge is 0.0292 e. The summed E-state index contributed by atoms with van der Waals surface area (Å²) < 4.78 is 0. The number of fused-ring (bicyclic) bond motifs is 1. The van der Waals surface area contributed by atoms with Crippen molar-refractivity contribution < 1.29 is 0 Å². The van der Waals surface area contributed by atoms with E-state index in [9.17, 15) is 0 Å². The lowest BCUT2D eigenvalue weighted by Gasteiger charge is -2.21. The number of nitrogens with one attached hydrogen (secondary N) is 1. The minimum absolute atomic E-state index is 0.477. The van der Waals surface area contributed by atoms with Crippen LogP contribution in [0.5, 0.6) is 0 Å². The van der Waals surface area contributed by atoms with E-state index in [1.807, 2.05) is 0 Å². The van der Waals surface area contributed by atoms with Crippen LogP contribution in [0.3, 0.4) is 0 Å². The average molecular weight is 272 g/mol. The first-order chi connectivity index (χ1) is 9.83. The third kappa shape index (κ3) is 3.42. The van der Waals surface area contributed by atoms with Gasteiger partial charge in [-0.15, -0.1) is 0 Å². The molecule has 3 rings (SSSR count). The van der Waals surface area contributed by atoms with Crippen molar-refractivity contribution in [3.63, 3.8) is 0 Å². The topological polar surface area (TPSA) is 15.3 Å². The van der Waals surface area contributed by atoms with Crippen LogP contribution in [0.2, 0.25) is 0 Å². The Balaban J connectivity index is 1.52. The Labute approximate surface area is 123 Å². The Morgan fingerprint density at radius 2 is 1.80 bits per heavy atom. The lowest BCUT2D eigenvalue weighted by Crippen LogP contribution is -2.31. The fraction of sp³-hybridized carbons (Fsp3) is 0.667. The Kier molecular flexibility index (Phi) is 4.74. The predicted octanol–water partition coefficient (Wildman–Crippen LogP) is 3.31. The molecule has 1 N–H and O–H groups in total. The van der Waals surface area contributed by atoms with Gasteiger partial charge in [0.25, 0.3) is 0 Å². The highest BCUT2D eigenvalue weighted by Crippen LogP contribution is 2.24. The summed E-state index contributed by atoms with van der Waals surface area (Å²) in [5, 5.41) is 3.69. The summed E-state index contributed by atoms with van der Waals surface area (Å²) in [5.74, 6) is 0. The Hall–Kier alpha value is -0.860. The fourth-order valence-corrected chi connectivity index (χ4v) is 3.59. The number of benzene rings is 1. The number of aryl methyl sites for hydroxylation is 2. The van der Waals surface area contributed by atoms with E-state index in [1.54, 1.807) is 11.1 Å². The molecule has 2 aliphatic rings. The van der Waals surface area contributed by atoms with Gasteiger partial charge in [-0.25, -0.2) is 0 Å². The highest BCUT2D eigenvalue weighted by atomic mass is 15.1. The van der Waals surface area contributed by atoms with Gasteiger partial charge in [-0.05, 0) is 75.2 Å². The standard InChI is InChI=1S/C18H28N2/c1-15(19-10-13-20-11-4-5-12-20)17-9-8-16-6-2-3-7-18(16)14-17/h8-9,14-15,19H,2-7,10-13H2,1H3. The molecule has 1 saturated heterocycles. The van der Waals surface area contributed by atoms with Crippen LogP contribution in [-0.4, -0.2) is 31.1 Å². The van der Waals surface area contributed by atoms with Gasteiger partial charge in [0.05, 0.1) is 0 Å². The molecule has 0 amide bonds. The second-order valence-corrected chi connectivity index (χ2v) is 6.46. The fourth-order valence-electron chi connectivity index (χ4n) is 3.59. The molecule has 0 radical (unpaired) electrons. The minimum atomic E-state index is 0.477. The number of hydrogen-bond donors (Lipinski definition) is 1. The van der Waals surface area contributed by atoms with E-state index in [-0.39, 0.29) is 0 Å². The van der Waals surface area contributed by atoms with Crippen molar-refractivity contribution in [2.45, 2.75) is 51.5 Å². The van der Waals surface area contributed by atoms with Gasteiger partial charge in [-0.1, -0.05) is 18.2 Å². The molecule has 0 aromatic heterocycles. The van der Waals surface area contributed by atoms with Gasteiger partial charge in [0.2, 0.25) is 0 Å². The molecule has 1 aromatic rings. The van der Waals surface area contributed by atoms with E-state index in [4.69, 9.17) is 0 Å². The van der Waals surface area contributed by atoms with Gasteiger partial charge in [0, 0.05) is 19.1 Å². The summed E-state index contributed by atoms with van der Waals surface area (Å²) in [6.07, 6.45) is 8.08. The first-order valence-corrected chi connectivity index (χ1v) is 8.40.